The summed E-state index contributed by atoms with van der Waals surface area (Å²) in [5, 5.41) is 5.38. The zero-order valence-corrected chi connectivity index (χ0v) is 22.1. The van der Waals surface area contributed by atoms with Gasteiger partial charge in [0.25, 0.3) is 10.0 Å². The number of nitrogens with zero attached hydrogens (tertiary/aromatic N) is 3. The van der Waals surface area contributed by atoms with Crippen molar-refractivity contribution in [3.8, 4) is 11.5 Å². The zero-order valence-electron chi connectivity index (χ0n) is 20.5. The molecule has 2 fully saturated rings. The molecule has 198 valence electrons. The Balaban J connectivity index is 1.35. The number of rotatable bonds is 9. The Bertz CT molecular complexity index is 1540. The molecule has 2 aliphatic heterocycles. The minimum absolute atomic E-state index is 0.0172. The molecular formula is C24H28N4O7S2. The second kappa shape index (κ2) is 9.63. The largest absolute Gasteiger partial charge is 0.496 e. The highest BCUT2D eigenvalue weighted by Crippen LogP contribution is 2.37. The third-order valence-corrected chi connectivity index (χ3v) is 9.73. The number of nitrogens with one attached hydrogen (secondary N) is 1. The number of aromatic nitrogens is 1. The van der Waals surface area contributed by atoms with Gasteiger partial charge < -0.3 is 14.0 Å². The van der Waals surface area contributed by atoms with Crippen molar-refractivity contribution in [3.05, 3.63) is 53.9 Å². The van der Waals surface area contributed by atoms with Crippen LogP contribution in [0.3, 0.4) is 0 Å². The molecule has 0 bridgehead atoms. The van der Waals surface area contributed by atoms with Crippen molar-refractivity contribution >= 4 is 36.8 Å². The highest BCUT2D eigenvalue weighted by atomic mass is 32.2. The van der Waals surface area contributed by atoms with Crippen LogP contribution in [0.1, 0.15) is 5.56 Å². The molecule has 3 heterocycles. The lowest BCUT2D eigenvalue weighted by Crippen LogP contribution is -2.31. The van der Waals surface area contributed by atoms with E-state index < -0.39 is 20.0 Å². The van der Waals surface area contributed by atoms with Crippen molar-refractivity contribution in [1.82, 2.24) is 14.4 Å². The van der Waals surface area contributed by atoms with E-state index in [0.717, 1.165) is 24.1 Å². The lowest BCUT2D eigenvalue weighted by atomic mass is 10.0. The van der Waals surface area contributed by atoms with Gasteiger partial charge >= 0.3 is 0 Å². The summed E-state index contributed by atoms with van der Waals surface area (Å²) >= 11 is 0. The normalized spacial score (nSPS) is 20.7. The Morgan fingerprint density at radius 1 is 1.05 bits per heavy atom. The number of methoxy groups -OCH3 is 2. The maximum absolute atomic E-state index is 13.1. The molecule has 0 saturated carbocycles. The van der Waals surface area contributed by atoms with Gasteiger partial charge in [-0.05, 0) is 41.7 Å². The van der Waals surface area contributed by atoms with Crippen molar-refractivity contribution in [3.63, 3.8) is 0 Å². The number of benzene rings is 2. The maximum atomic E-state index is 13.1. The number of para-hydroxylation sites is 1. The summed E-state index contributed by atoms with van der Waals surface area (Å²) in [5.41, 5.74) is 1.30. The molecule has 37 heavy (non-hydrogen) atoms. The summed E-state index contributed by atoms with van der Waals surface area (Å²) < 4.78 is 70.6. The first-order valence-electron chi connectivity index (χ1n) is 11.6. The molecule has 1 N–H and O–H groups in total. The molecule has 0 amide bonds. The fourth-order valence-corrected chi connectivity index (χ4v) is 7.37. The van der Waals surface area contributed by atoms with Gasteiger partial charge in [-0.2, -0.15) is 4.31 Å². The number of sulfonamides is 2. The summed E-state index contributed by atoms with van der Waals surface area (Å²) in [6.07, 6.45) is 0. The lowest BCUT2D eigenvalue weighted by Gasteiger charge is -2.20. The molecule has 3 aromatic rings. The van der Waals surface area contributed by atoms with Crippen molar-refractivity contribution in [2.24, 2.45) is 11.8 Å². The molecule has 2 aliphatic rings. The van der Waals surface area contributed by atoms with Gasteiger partial charge in [0.05, 0.1) is 14.2 Å². The predicted octanol–water partition coefficient (Wildman–Crippen LogP) is 2.48. The topological polar surface area (TPSA) is 131 Å². The van der Waals surface area contributed by atoms with Gasteiger partial charge in [-0.1, -0.05) is 23.9 Å². The van der Waals surface area contributed by atoms with E-state index in [2.05, 4.69) is 21.4 Å². The Kier molecular flexibility index (Phi) is 6.64. The molecule has 2 aromatic carbocycles. The van der Waals surface area contributed by atoms with Crippen LogP contribution in [-0.4, -0.2) is 71.6 Å². The third kappa shape index (κ3) is 4.79. The lowest BCUT2D eigenvalue weighted by molar-refractivity contribution is 0.289. The first kappa shape index (κ1) is 25.5. The van der Waals surface area contributed by atoms with Gasteiger partial charge in [0.1, 0.15) is 21.8 Å². The molecule has 13 heteroatoms. The van der Waals surface area contributed by atoms with Gasteiger partial charge in [0.15, 0.2) is 11.4 Å². The molecule has 1 aromatic heterocycles. The molecule has 0 spiro atoms. The molecular weight excluding hydrogens is 520 g/mol. The van der Waals surface area contributed by atoms with E-state index in [1.54, 1.807) is 18.2 Å². The van der Waals surface area contributed by atoms with Crippen LogP contribution in [0.4, 0.5) is 5.82 Å². The SMILES string of the molecule is C=CS(=O)(=O)N1C[C@H]2CN(Cc3cc(OC)c4c(NS(=O)(=O)c5ccccc5OC)noc4c3)C[C@H]2C1. The van der Waals surface area contributed by atoms with E-state index in [4.69, 9.17) is 14.0 Å². The minimum atomic E-state index is -4.01. The molecule has 2 saturated heterocycles. The Hall–Kier alpha value is -3.13. The van der Waals surface area contributed by atoms with Gasteiger partial charge in [0, 0.05) is 38.1 Å². The maximum Gasteiger partial charge on any atom is 0.266 e. The Morgan fingerprint density at radius 2 is 1.73 bits per heavy atom. The first-order valence-corrected chi connectivity index (χ1v) is 14.6. The third-order valence-electron chi connectivity index (χ3n) is 6.91. The quantitative estimate of drug-likeness (QED) is 0.428. The smallest absolute Gasteiger partial charge is 0.266 e. The molecule has 2 atom stereocenters. The average molecular weight is 549 g/mol. The number of fused-ring (bicyclic) bond motifs is 2. The fraction of sp³-hybridized carbons (Fsp3) is 0.375. The Labute approximate surface area is 215 Å². The number of hydrogen-bond acceptors (Lipinski definition) is 9. The van der Waals surface area contributed by atoms with Crippen LogP contribution < -0.4 is 14.2 Å². The highest BCUT2D eigenvalue weighted by Gasteiger charge is 2.43. The van der Waals surface area contributed by atoms with Crippen molar-refractivity contribution < 1.29 is 30.8 Å². The standard InChI is InChI=1S/C24H28N4O7S2/c1-4-36(29,30)28-14-17-12-27(13-18(17)15-28)11-16-9-20(34-3)23-21(10-16)35-25-24(23)26-37(31,32)22-8-6-5-7-19(22)33-2/h4-10,17-18H,1,11-15H2,2-3H3,(H,25,26)/t17-,18+. The van der Waals surface area contributed by atoms with Crippen molar-refractivity contribution in [1.29, 1.82) is 0 Å². The summed E-state index contributed by atoms with van der Waals surface area (Å²) in [7, 11) is -4.51. The van der Waals surface area contributed by atoms with E-state index in [1.165, 1.54) is 24.6 Å². The number of anilines is 1. The van der Waals surface area contributed by atoms with Crippen LogP contribution in [0.5, 0.6) is 11.5 Å². The second-order valence-electron chi connectivity index (χ2n) is 9.20. The van der Waals surface area contributed by atoms with E-state index in [-0.39, 0.29) is 28.3 Å². The van der Waals surface area contributed by atoms with Gasteiger partial charge in [-0.25, -0.2) is 16.8 Å². The van der Waals surface area contributed by atoms with E-state index in [9.17, 15) is 16.8 Å². The number of hydrogen-bond donors (Lipinski definition) is 1. The van der Waals surface area contributed by atoms with Crippen LogP contribution in [0, 0.1) is 11.8 Å². The fourth-order valence-electron chi connectivity index (χ4n) is 5.18. The number of ether oxygens (including phenoxy) is 2. The summed E-state index contributed by atoms with van der Waals surface area (Å²) in [6, 6.07) is 9.94. The van der Waals surface area contributed by atoms with Gasteiger partial charge in [-0.3, -0.25) is 9.62 Å². The van der Waals surface area contributed by atoms with Crippen LogP contribution >= 0.6 is 0 Å². The highest BCUT2D eigenvalue weighted by molar-refractivity contribution is 7.93. The Morgan fingerprint density at radius 3 is 2.38 bits per heavy atom. The zero-order chi connectivity index (χ0) is 26.4. The molecule has 0 aliphatic carbocycles. The molecule has 0 unspecified atom stereocenters. The van der Waals surface area contributed by atoms with E-state index in [0.29, 0.717) is 36.4 Å². The van der Waals surface area contributed by atoms with Gasteiger partial charge in [0.2, 0.25) is 10.0 Å². The predicted molar refractivity (Wildman–Crippen MR) is 137 cm³/mol. The summed E-state index contributed by atoms with van der Waals surface area (Å²) in [4.78, 5) is 2.25. The average Bonchev–Trinajstić information content (AvgIpc) is 3.57. The minimum Gasteiger partial charge on any atom is -0.496 e. The molecule has 0 radical (unpaired) electrons. The number of likely N-dealkylation sites (tertiary alicyclic amines) is 1. The van der Waals surface area contributed by atoms with Crippen LogP contribution in [0.25, 0.3) is 11.0 Å². The summed E-state index contributed by atoms with van der Waals surface area (Å²) in [6.45, 7) is 6.56. The van der Waals surface area contributed by atoms with Crippen LogP contribution in [0.15, 0.2) is 57.8 Å². The first-order chi connectivity index (χ1) is 17.6. The van der Waals surface area contributed by atoms with Crippen LogP contribution in [0.2, 0.25) is 0 Å². The monoisotopic (exact) mass is 548 g/mol. The van der Waals surface area contributed by atoms with E-state index >= 15 is 0 Å². The summed E-state index contributed by atoms with van der Waals surface area (Å²) in [5.74, 6) is 1.18. The van der Waals surface area contributed by atoms with E-state index in [1.807, 2.05) is 12.1 Å². The second-order valence-corrected chi connectivity index (χ2v) is 12.7. The van der Waals surface area contributed by atoms with Crippen molar-refractivity contribution in [2.45, 2.75) is 11.4 Å². The van der Waals surface area contributed by atoms with Gasteiger partial charge in [-0.15, -0.1) is 0 Å². The molecule has 11 nitrogen and oxygen atoms in total. The van der Waals surface area contributed by atoms with Crippen LogP contribution in [-0.2, 0) is 26.6 Å². The van der Waals surface area contributed by atoms with Crippen molar-refractivity contribution in [2.75, 3.05) is 45.1 Å². The molecule has 5 rings (SSSR count).